The molecule has 1 N–H and O–H groups in total. The van der Waals surface area contributed by atoms with Crippen molar-refractivity contribution in [1.29, 1.82) is 0 Å². The van der Waals surface area contributed by atoms with Crippen molar-refractivity contribution < 1.29 is 9.53 Å². The molecule has 2 aromatic heterocycles. The molecule has 4 aromatic rings. The number of carbonyl (C=O) groups excluding carboxylic acids is 1. The molecule has 140 valence electrons. The molecule has 0 saturated heterocycles. The lowest BCUT2D eigenvalue weighted by Crippen LogP contribution is -2.24. The van der Waals surface area contributed by atoms with E-state index in [1.165, 1.54) is 0 Å². The Kier molecular flexibility index (Phi) is 5.21. The van der Waals surface area contributed by atoms with Crippen molar-refractivity contribution in [3.8, 4) is 5.75 Å². The average molecular weight is 393 g/mol. The molecule has 0 spiro atoms. The first-order chi connectivity index (χ1) is 13.7. The molecule has 0 aliphatic carbocycles. The minimum absolute atomic E-state index is 0.169. The van der Waals surface area contributed by atoms with E-state index in [1.54, 1.807) is 24.3 Å². The van der Waals surface area contributed by atoms with E-state index in [4.69, 9.17) is 16.3 Å². The van der Waals surface area contributed by atoms with Gasteiger partial charge >= 0.3 is 0 Å². The average Bonchev–Trinajstić information content (AvgIpc) is 3.15. The Morgan fingerprint density at radius 3 is 2.57 bits per heavy atom. The first-order valence-electron chi connectivity index (χ1n) is 8.73. The molecule has 7 heteroatoms. The summed E-state index contributed by atoms with van der Waals surface area (Å²) in [5.41, 5.74) is 2.29. The summed E-state index contributed by atoms with van der Waals surface area (Å²) in [6.07, 6.45) is 1.87. The minimum Gasteiger partial charge on any atom is -0.489 e. The molecule has 0 atom stereocenters. The molecule has 0 saturated carbocycles. The number of nitrogens with one attached hydrogen (secondary N) is 1. The Morgan fingerprint density at radius 2 is 1.79 bits per heavy atom. The number of ether oxygens (including phenoxy) is 1. The molecule has 0 unspecified atom stereocenters. The van der Waals surface area contributed by atoms with Crippen molar-refractivity contribution >= 4 is 23.2 Å². The first-order valence-corrected chi connectivity index (χ1v) is 9.11. The molecule has 0 fully saturated rings. The Morgan fingerprint density at radius 1 is 1.00 bits per heavy atom. The summed E-state index contributed by atoms with van der Waals surface area (Å²) in [5, 5.41) is 11.7. The van der Waals surface area contributed by atoms with Gasteiger partial charge in [0.25, 0.3) is 5.91 Å². The monoisotopic (exact) mass is 392 g/mol. The van der Waals surface area contributed by atoms with Crippen LogP contribution in [0.25, 0.3) is 5.65 Å². The topological polar surface area (TPSA) is 68.5 Å². The lowest BCUT2D eigenvalue weighted by Gasteiger charge is -2.08. The molecule has 2 heterocycles. The first kappa shape index (κ1) is 18.0. The van der Waals surface area contributed by atoms with Crippen LogP contribution in [0.15, 0.2) is 72.9 Å². The summed E-state index contributed by atoms with van der Waals surface area (Å²) in [4.78, 5) is 12.4. The number of pyridine rings is 1. The Hall–Kier alpha value is -3.38. The minimum atomic E-state index is -0.169. The van der Waals surface area contributed by atoms with E-state index in [9.17, 15) is 4.79 Å². The Balaban J connectivity index is 1.34. The van der Waals surface area contributed by atoms with E-state index in [1.807, 2.05) is 53.1 Å². The van der Waals surface area contributed by atoms with Gasteiger partial charge < -0.3 is 10.1 Å². The van der Waals surface area contributed by atoms with Crippen LogP contribution in [-0.2, 0) is 13.2 Å². The van der Waals surface area contributed by atoms with Crippen LogP contribution in [0.2, 0.25) is 5.02 Å². The normalized spacial score (nSPS) is 10.8. The highest BCUT2D eigenvalue weighted by Gasteiger charge is 2.09. The molecular formula is C21H17ClN4O2. The number of carbonyl (C=O) groups is 1. The summed E-state index contributed by atoms with van der Waals surface area (Å²) in [5.74, 6) is 1.25. The highest BCUT2D eigenvalue weighted by molar-refractivity contribution is 6.30. The maximum absolute atomic E-state index is 12.4. The van der Waals surface area contributed by atoms with Crippen molar-refractivity contribution in [3.05, 3.63) is 94.9 Å². The smallest absolute Gasteiger partial charge is 0.251 e. The molecule has 1 amide bonds. The van der Waals surface area contributed by atoms with Gasteiger partial charge in [-0.1, -0.05) is 29.8 Å². The molecule has 2 aromatic carbocycles. The lowest BCUT2D eigenvalue weighted by molar-refractivity contribution is 0.0949. The number of halogens is 1. The zero-order valence-corrected chi connectivity index (χ0v) is 15.6. The molecule has 6 nitrogen and oxygen atoms in total. The quantitative estimate of drug-likeness (QED) is 0.540. The molecule has 0 radical (unpaired) electrons. The van der Waals surface area contributed by atoms with Crippen LogP contribution in [0, 0.1) is 0 Å². The fourth-order valence-corrected chi connectivity index (χ4v) is 2.85. The van der Waals surface area contributed by atoms with Crippen molar-refractivity contribution in [2.45, 2.75) is 13.2 Å². The van der Waals surface area contributed by atoms with Gasteiger partial charge in [-0.3, -0.25) is 9.20 Å². The van der Waals surface area contributed by atoms with Crippen LogP contribution in [0.1, 0.15) is 21.7 Å². The molecule has 0 bridgehead atoms. The van der Waals surface area contributed by atoms with Gasteiger partial charge in [0.1, 0.15) is 12.4 Å². The fourth-order valence-electron chi connectivity index (χ4n) is 2.72. The predicted octanol–water partition coefficient (Wildman–Crippen LogP) is 3.89. The summed E-state index contributed by atoms with van der Waals surface area (Å²) in [6, 6.07) is 20.1. The van der Waals surface area contributed by atoms with Crippen molar-refractivity contribution in [3.63, 3.8) is 0 Å². The number of rotatable bonds is 6. The molecule has 28 heavy (non-hydrogen) atoms. The summed E-state index contributed by atoms with van der Waals surface area (Å²) in [7, 11) is 0. The summed E-state index contributed by atoms with van der Waals surface area (Å²) < 4.78 is 7.55. The second-order valence-electron chi connectivity index (χ2n) is 6.17. The predicted molar refractivity (Wildman–Crippen MR) is 106 cm³/mol. The van der Waals surface area contributed by atoms with Gasteiger partial charge in [-0.15, -0.1) is 10.2 Å². The molecule has 0 aliphatic rings. The van der Waals surface area contributed by atoms with Crippen molar-refractivity contribution in [2.24, 2.45) is 0 Å². The van der Waals surface area contributed by atoms with E-state index in [-0.39, 0.29) is 5.91 Å². The van der Waals surface area contributed by atoms with Crippen LogP contribution in [0.3, 0.4) is 0 Å². The number of fused-ring (bicyclic) bond motifs is 1. The Bertz CT molecular complexity index is 1090. The number of hydrogen-bond acceptors (Lipinski definition) is 4. The van der Waals surface area contributed by atoms with Crippen LogP contribution in [0.5, 0.6) is 5.75 Å². The second kappa shape index (κ2) is 8.10. The van der Waals surface area contributed by atoms with Gasteiger partial charge in [-0.25, -0.2) is 0 Å². The second-order valence-corrected chi connectivity index (χ2v) is 6.60. The van der Waals surface area contributed by atoms with Gasteiger partial charge in [0.15, 0.2) is 11.5 Å². The van der Waals surface area contributed by atoms with Crippen LogP contribution >= 0.6 is 11.6 Å². The van der Waals surface area contributed by atoms with Gasteiger partial charge in [-0.05, 0) is 54.1 Å². The van der Waals surface area contributed by atoms with E-state index in [0.717, 1.165) is 17.0 Å². The van der Waals surface area contributed by atoms with Crippen molar-refractivity contribution in [2.75, 3.05) is 0 Å². The van der Waals surface area contributed by atoms with Crippen molar-refractivity contribution in [1.82, 2.24) is 19.9 Å². The Labute approximate surface area is 166 Å². The van der Waals surface area contributed by atoms with Gasteiger partial charge in [0.2, 0.25) is 0 Å². The number of amides is 1. The maximum atomic E-state index is 12.4. The third kappa shape index (κ3) is 4.13. The number of benzene rings is 2. The lowest BCUT2D eigenvalue weighted by atomic mass is 10.1. The fraction of sp³-hybridized carbons (Fsp3) is 0.0952. The summed E-state index contributed by atoms with van der Waals surface area (Å²) in [6.45, 7) is 0.709. The van der Waals surface area contributed by atoms with Crippen LogP contribution < -0.4 is 10.1 Å². The highest BCUT2D eigenvalue weighted by atomic mass is 35.5. The molecular weight excluding hydrogens is 376 g/mol. The molecule has 0 aliphatic heterocycles. The van der Waals surface area contributed by atoms with Gasteiger partial charge in [0.05, 0.1) is 6.54 Å². The third-order valence-corrected chi connectivity index (χ3v) is 4.48. The number of nitrogens with zero attached hydrogens (tertiary/aromatic N) is 3. The molecule has 4 rings (SSSR count). The van der Waals surface area contributed by atoms with Gasteiger partial charge in [-0.2, -0.15) is 0 Å². The van der Waals surface area contributed by atoms with Crippen LogP contribution in [-0.4, -0.2) is 20.5 Å². The van der Waals surface area contributed by atoms with Gasteiger partial charge in [0, 0.05) is 16.8 Å². The number of aromatic nitrogens is 3. The SMILES string of the molecule is O=C(NCc1nnc2ccccn12)c1ccc(COc2ccc(Cl)cc2)cc1. The number of hydrogen-bond donors (Lipinski definition) is 1. The largest absolute Gasteiger partial charge is 0.489 e. The van der Waals surface area contributed by atoms with E-state index < -0.39 is 0 Å². The zero-order chi connectivity index (χ0) is 19.3. The van der Waals surface area contributed by atoms with E-state index >= 15 is 0 Å². The highest BCUT2D eigenvalue weighted by Crippen LogP contribution is 2.17. The standard InChI is InChI=1S/C21H17ClN4O2/c22-17-8-10-18(11-9-17)28-14-15-4-6-16(7-5-15)21(27)23-13-20-25-24-19-3-1-2-12-26(19)20/h1-12H,13-14H2,(H,23,27). The van der Waals surface area contributed by atoms with Crippen LogP contribution in [0.4, 0.5) is 0 Å². The summed E-state index contributed by atoms with van der Waals surface area (Å²) >= 11 is 5.86. The van der Waals surface area contributed by atoms with E-state index in [2.05, 4.69) is 15.5 Å². The van der Waals surface area contributed by atoms with E-state index in [0.29, 0.717) is 29.6 Å². The third-order valence-electron chi connectivity index (χ3n) is 4.23. The maximum Gasteiger partial charge on any atom is 0.251 e. The zero-order valence-electron chi connectivity index (χ0n) is 14.9.